The molecule has 0 aromatic heterocycles. The van der Waals surface area contributed by atoms with Crippen molar-refractivity contribution >= 4 is 40.7 Å². The van der Waals surface area contributed by atoms with E-state index in [-0.39, 0.29) is 18.1 Å². The molecule has 2 amide bonds. The van der Waals surface area contributed by atoms with Crippen LogP contribution in [-0.2, 0) is 4.79 Å². The first-order valence-corrected chi connectivity index (χ1v) is 8.57. The minimum Gasteiger partial charge on any atom is -0.329 e. The lowest BCUT2D eigenvalue weighted by atomic mass is 10.1. The van der Waals surface area contributed by atoms with Gasteiger partial charge in [-0.3, -0.25) is 9.59 Å². The van der Waals surface area contributed by atoms with Crippen LogP contribution in [0.3, 0.4) is 0 Å². The van der Waals surface area contributed by atoms with Crippen LogP contribution in [0.15, 0.2) is 36.4 Å². The molecule has 2 aromatic rings. The van der Waals surface area contributed by atoms with Crippen molar-refractivity contribution in [3.8, 4) is 0 Å². The average molecular weight is 401 g/mol. The van der Waals surface area contributed by atoms with E-state index in [2.05, 4.69) is 5.32 Å². The van der Waals surface area contributed by atoms with E-state index in [1.807, 2.05) is 0 Å². The van der Waals surface area contributed by atoms with Crippen LogP contribution in [0.5, 0.6) is 0 Å². The molecule has 2 aromatic carbocycles. The third kappa shape index (κ3) is 4.93. The molecule has 0 fully saturated rings. The zero-order valence-electron chi connectivity index (χ0n) is 13.9. The van der Waals surface area contributed by atoms with E-state index in [1.54, 1.807) is 13.0 Å². The molecule has 0 radical (unpaired) electrons. The summed E-state index contributed by atoms with van der Waals surface area (Å²) in [5, 5.41) is 3.23. The van der Waals surface area contributed by atoms with E-state index in [1.165, 1.54) is 24.3 Å². The summed E-state index contributed by atoms with van der Waals surface area (Å²) >= 11 is 11.8. The van der Waals surface area contributed by atoms with Crippen molar-refractivity contribution in [1.82, 2.24) is 4.90 Å². The molecule has 0 aliphatic heterocycles. The summed E-state index contributed by atoms with van der Waals surface area (Å²) in [6.07, 6.45) is 0.539. The van der Waals surface area contributed by atoms with Gasteiger partial charge in [0, 0.05) is 11.6 Å². The van der Waals surface area contributed by atoms with Gasteiger partial charge < -0.3 is 10.2 Å². The van der Waals surface area contributed by atoms with Gasteiger partial charge in [-0.2, -0.15) is 0 Å². The van der Waals surface area contributed by atoms with Gasteiger partial charge in [0.2, 0.25) is 5.91 Å². The van der Waals surface area contributed by atoms with E-state index in [0.717, 1.165) is 11.0 Å². The summed E-state index contributed by atoms with van der Waals surface area (Å²) in [5.74, 6) is -3.64. The van der Waals surface area contributed by atoms with Crippen LogP contribution in [0.4, 0.5) is 14.5 Å². The van der Waals surface area contributed by atoms with Gasteiger partial charge >= 0.3 is 0 Å². The summed E-state index contributed by atoms with van der Waals surface area (Å²) in [6, 6.07) is 7.89. The van der Waals surface area contributed by atoms with E-state index < -0.39 is 29.0 Å². The van der Waals surface area contributed by atoms with Gasteiger partial charge in [-0.05, 0) is 36.8 Å². The molecule has 138 valence electrons. The molecule has 0 saturated heterocycles. The lowest BCUT2D eigenvalue weighted by Gasteiger charge is -2.22. The maximum Gasteiger partial charge on any atom is 0.257 e. The molecule has 0 unspecified atom stereocenters. The van der Waals surface area contributed by atoms with Crippen molar-refractivity contribution in [3.05, 3.63) is 63.6 Å². The van der Waals surface area contributed by atoms with Crippen LogP contribution in [0, 0.1) is 11.6 Å². The number of halogens is 4. The van der Waals surface area contributed by atoms with Gasteiger partial charge in [-0.15, -0.1) is 0 Å². The number of nitrogens with zero attached hydrogens (tertiary/aromatic N) is 1. The maximum atomic E-state index is 13.9. The average Bonchev–Trinajstić information content (AvgIpc) is 2.59. The molecule has 0 aliphatic rings. The lowest BCUT2D eigenvalue weighted by Crippen LogP contribution is -2.39. The van der Waals surface area contributed by atoms with E-state index in [9.17, 15) is 18.4 Å². The highest BCUT2D eigenvalue weighted by Gasteiger charge is 2.23. The van der Waals surface area contributed by atoms with Crippen molar-refractivity contribution in [3.63, 3.8) is 0 Å². The molecule has 0 bridgehead atoms. The van der Waals surface area contributed by atoms with Gasteiger partial charge in [-0.1, -0.05) is 36.2 Å². The number of rotatable bonds is 6. The van der Waals surface area contributed by atoms with E-state index in [0.29, 0.717) is 17.1 Å². The normalized spacial score (nSPS) is 10.5. The SMILES string of the molecule is CCCN(CC(=O)Nc1ccc(Cl)cc1Cl)C(=O)c1cccc(F)c1F. The molecule has 4 nitrogen and oxygen atoms in total. The van der Waals surface area contributed by atoms with Crippen molar-refractivity contribution in [1.29, 1.82) is 0 Å². The molecule has 0 saturated carbocycles. The second-order valence-electron chi connectivity index (χ2n) is 5.50. The minimum absolute atomic E-state index is 0.205. The van der Waals surface area contributed by atoms with E-state index in [4.69, 9.17) is 23.2 Å². The number of hydrogen-bond donors (Lipinski definition) is 1. The van der Waals surface area contributed by atoms with Crippen LogP contribution in [-0.4, -0.2) is 29.8 Å². The topological polar surface area (TPSA) is 49.4 Å². The minimum atomic E-state index is -1.24. The predicted octanol–water partition coefficient (Wildman–Crippen LogP) is 4.76. The van der Waals surface area contributed by atoms with Crippen LogP contribution in [0.25, 0.3) is 0 Å². The van der Waals surface area contributed by atoms with Crippen molar-refractivity contribution in [2.45, 2.75) is 13.3 Å². The smallest absolute Gasteiger partial charge is 0.257 e. The molecule has 0 heterocycles. The van der Waals surface area contributed by atoms with Crippen LogP contribution in [0.2, 0.25) is 10.0 Å². The zero-order valence-corrected chi connectivity index (χ0v) is 15.4. The molecular weight excluding hydrogens is 385 g/mol. The van der Waals surface area contributed by atoms with Gasteiger partial charge in [0.1, 0.15) is 6.54 Å². The summed E-state index contributed by atoms with van der Waals surface area (Å²) < 4.78 is 27.2. The Morgan fingerprint density at radius 3 is 2.54 bits per heavy atom. The molecule has 0 aliphatic carbocycles. The first kappa shape index (κ1) is 20.1. The standard InChI is InChI=1S/C18H16Cl2F2N2O2/c1-2-8-24(18(26)12-4-3-5-14(21)17(12)22)10-16(25)23-15-7-6-11(19)9-13(15)20/h3-7,9H,2,8,10H2,1H3,(H,23,25). The van der Waals surface area contributed by atoms with Gasteiger partial charge in [0.15, 0.2) is 11.6 Å². The number of carbonyl (C=O) groups excluding carboxylic acids is 2. The number of carbonyl (C=O) groups is 2. The van der Waals surface area contributed by atoms with Crippen molar-refractivity contribution < 1.29 is 18.4 Å². The van der Waals surface area contributed by atoms with Crippen LogP contribution >= 0.6 is 23.2 Å². The van der Waals surface area contributed by atoms with Gasteiger partial charge in [0.05, 0.1) is 16.3 Å². The maximum absolute atomic E-state index is 13.9. The summed E-state index contributed by atoms with van der Waals surface area (Å²) in [6.45, 7) is 1.67. The Hall–Kier alpha value is -2.18. The summed E-state index contributed by atoms with van der Waals surface area (Å²) in [4.78, 5) is 25.9. The number of hydrogen-bond acceptors (Lipinski definition) is 2. The third-order valence-electron chi connectivity index (χ3n) is 3.50. The summed E-state index contributed by atoms with van der Waals surface area (Å²) in [7, 11) is 0. The lowest BCUT2D eigenvalue weighted by molar-refractivity contribution is -0.116. The monoisotopic (exact) mass is 400 g/mol. The number of nitrogens with one attached hydrogen (secondary N) is 1. The molecule has 26 heavy (non-hydrogen) atoms. The van der Waals surface area contributed by atoms with Crippen molar-refractivity contribution in [2.24, 2.45) is 0 Å². The largest absolute Gasteiger partial charge is 0.329 e. The molecule has 2 rings (SSSR count). The molecular formula is C18H16Cl2F2N2O2. The first-order chi connectivity index (χ1) is 12.3. The fraction of sp³-hybridized carbons (Fsp3) is 0.222. The van der Waals surface area contributed by atoms with Crippen molar-refractivity contribution in [2.75, 3.05) is 18.4 Å². The first-order valence-electron chi connectivity index (χ1n) is 7.81. The second kappa shape index (κ2) is 8.96. The van der Waals surface area contributed by atoms with E-state index >= 15 is 0 Å². The quantitative estimate of drug-likeness (QED) is 0.759. The highest BCUT2D eigenvalue weighted by Crippen LogP contribution is 2.25. The third-order valence-corrected chi connectivity index (χ3v) is 4.05. The fourth-order valence-electron chi connectivity index (χ4n) is 2.32. The zero-order chi connectivity index (χ0) is 19.3. The number of amides is 2. The van der Waals surface area contributed by atoms with Crippen LogP contribution < -0.4 is 5.32 Å². The highest BCUT2D eigenvalue weighted by molar-refractivity contribution is 6.36. The predicted molar refractivity (Wildman–Crippen MR) is 97.6 cm³/mol. The van der Waals surface area contributed by atoms with Crippen LogP contribution in [0.1, 0.15) is 23.7 Å². The fourth-order valence-corrected chi connectivity index (χ4v) is 2.77. The highest BCUT2D eigenvalue weighted by atomic mass is 35.5. The Labute approximate surface area is 159 Å². The Balaban J connectivity index is 2.15. The van der Waals surface area contributed by atoms with Gasteiger partial charge in [-0.25, -0.2) is 8.78 Å². The second-order valence-corrected chi connectivity index (χ2v) is 6.34. The molecule has 8 heteroatoms. The molecule has 0 atom stereocenters. The number of anilines is 1. The Bertz CT molecular complexity index is 831. The van der Waals surface area contributed by atoms with Gasteiger partial charge in [0.25, 0.3) is 5.91 Å². The number of benzene rings is 2. The molecule has 1 N–H and O–H groups in total. The molecule has 0 spiro atoms. The Morgan fingerprint density at radius 1 is 1.15 bits per heavy atom. The summed E-state index contributed by atoms with van der Waals surface area (Å²) in [5.41, 5.74) is -0.0855. The Morgan fingerprint density at radius 2 is 1.88 bits per heavy atom. The Kier molecular flexibility index (Phi) is 6.94.